The van der Waals surface area contributed by atoms with E-state index in [2.05, 4.69) is 210 Å². The Hall–Kier alpha value is 1.80. The SMILES string of the molecule is CC(C)(c1ccc(Br)c2c(OCCCC(Br)CBr)c(Br)cc(Br)c12)c1ccc(Br)c2c(OCCCC(Br)CBr)c(Br)cc(Br)c12. The van der Waals surface area contributed by atoms with Gasteiger partial charge in [0.1, 0.15) is 11.5 Å². The molecule has 0 bridgehead atoms. The molecular weight excluding hydrogens is 1230 g/mol. The molecule has 0 aromatic heterocycles. The molecule has 0 aliphatic rings. The Balaban J connectivity index is 1.85. The molecular formula is C33H30Br10O2. The molecule has 4 rings (SSSR count). The number of fused-ring (bicyclic) bond motifs is 2. The maximum Gasteiger partial charge on any atom is 0.142 e. The molecule has 4 aromatic rings. The molecule has 0 amide bonds. The Bertz CT molecular complexity index is 1550. The molecule has 0 aliphatic heterocycles. The van der Waals surface area contributed by atoms with Gasteiger partial charge in [0, 0.05) is 65.2 Å². The van der Waals surface area contributed by atoms with Crippen molar-refractivity contribution in [2.24, 2.45) is 0 Å². The lowest BCUT2D eigenvalue weighted by molar-refractivity contribution is 0.309. The van der Waals surface area contributed by atoms with Gasteiger partial charge in [0.05, 0.1) is 22.2 Å². The number of halogens is 10. The third-order valence-corrected chi connectivity index (χ3v) is 16.3. The molecule has 12 heteroatoms. The molecule has 0 spiro atoms. The van der Waals surface area contributed by atoms with E-state index in [0.29, 0.717) is 22.9 Å². The van der Waals surface area contributed by atoms with E-state index in [0.717, 1.165) is 96.2 Å². The van der Waals surface area contributed by atoms with Crippen molar-refractivity contribution in [1.29, 1.82) is 0 Å². The van der Waals surface area contributed by atoms with Crippen molar-refractivity contribution in [1.82, 2.24) is 0 Å². The highest BCUT2D eigenvalue weighted by atomic mass is 79.9. The van der Waals surface area contributed by atoms with E-state index >= 15 is 0 Å². The zero-order valence-electron chi connectivity index (χ0n) is 24.4. The zero-order chi connectivity index (χ0) is 33.1. The van der Waals surface area contributed by atoms with Gasteiger partial charge < -0.3 is 9.47 Å². The van der Waals surface area contributed by atoms with Crippen LogP contribution in [-0.4, -0.2) is 33.5 Å². The first kappa shape index (κ1) is 39.6. The van der Waals surface area contributed by atoms with Crippen LogP contribution in [0.4, 0.5) is 0 Å². The predicted molar refractivity (Wildman–Crippen MR) is 229 cm³/mol. The van der Waals surface area contributed by atoms with E-state index in [9.17, 15) is 0 Å². The number of alkyl halides is 4. The first-order chi connectivity index (χ1) is 21.3. The highest BCUT2D eigenvalue weighted by Gasteiger charge is 2.32. The Morgan fingerprint density at radius 2 is 0.933 bits per heavy atom. The normalized spacial score (nSPS) is 13.4. The van der Waals surface area contributed by atoms with Crippen LogP contribution in [0.5, 0.6) is 11.5 Å². The fourth-order valence-corrected chi connectivity index (χ4v) is 10.7. The van der Waals surface area contributed by atoms with Gasteiger partial charge in [-0.25, -0.2) is 0 Å². The molecule has 45 heavy (non-hydrogen) atoms. The number of benzene rings is 4. The number of ether oxygens (including phenoxy) is 2. The van der Waals surface area contributed by atoms with Crippen molar-refractivity contribution in [3.8, 4) is 11.5 Å². The number of hydrogen-bond donors (Lipinski definition) is 0. The third-order valence-electron chi connectivity index (χ3n) is 7.68. The van der Waals surface area contributed by atoms with Gasteiger partial charge >= 0.3 is 0 Å². The average Bonchev–Trinajstić information content (AvgIpc) is 2.99. The van der Waals surface area contributed by atoms with E-state index in [4.69, 9.17) is 9.47 Å². The maximum absolute atomic E-state index is 6.48. The topological polar surface area (TPSA) is 18.5 Å². The van der Waals surface area contributed by atoms with Crippen LogP contribution in [0.1, 0.15) is 50.7 Å². The molecule has 4 aromatic carbocycles. The minimum atomic E-state index is -0.405. The second-order valence-corrected chi connectivity index (χ2v) is 20.1. The Morgan fingerprint density at radius 1 is 0.556 bits per heavy atom. The molecule has 2 atom stereocenters. The molecule has 2 unspecified atom stereocenters. The van der Waals surface area contributed by atoms with Crippen LogP contribution < -0.4 is 9.47 Å². The summed E-state index contributed by atoms with van der Waals surface area (Å²) >= 11 is 37.7. The quantitative estimate of drug-likeness (QED) is 0.0925. The van der Waals surface area contributed by atoms with Crippen molar-refractivity contribution in [2.45, 2.75) is 54.6 Å². The summed E-state index contributed by atoms with van der Waals surface area (Å²) in [7, 11) is 0. The monoisotopic (exact) mass is 1250 g/mol. The van der Waals surface area contributed by atoms with Gasteiger partial charge in [-0.15, -0.1) is 0 Å². The second kappa shape index (κ2) is 17.8. The highest BCUT2D eigenvalue weighted by Crippen LogP contribution is 2.51. The van der Waals surface area contributed by atoms with Gasteiger partial charge in [0.25, 0.3) is 0 Å². The predicted octanol–water partition coefficient (Wildman–Crippen LogP) is 15.5. The average molecular weight is 1260 g/mol. The van der Waals surface area contributed by atoms with E-state index < -0.39 is 5.41 Å². The lowest BCUT2D eigenvalue weighted by Gasteiger charge is -2.31. The van der Waals surface area contributed by atoms with E-state index in [1.165, 1.54) is 11.1 Å². The lowest BCUT2D eigenvalue weighted by Crippen LogP contribution is -2.20. The summed E-state index contributed by atoms with van der Waals surface area (Å²) in [5.74, 6) is 1.68. The van der Waals surface area contributed by atoms with E-state index in [-0.39, 0.29) is 0 Å². The van der Waals surface area contributed by atoms with Crippen molar-refractivity contribution in [2.75, 3.05) is 23.9 Å². The van der Waals surface area contributed by atoms with Gasteiger partial charge in [-0.1, -0.05) is 153 Å². The van der Waals surface area contributed by atoms with Crippen LogP contribution in [0, 0.1) is 0 Å². The van der Waals surface area contributed by atoms with Crippen LogP contribution in [0.3, 0.4) is 0 Å². The summed E-state index contributed by atoms with van der Waals surface area (Å²) in [6.07, 6.45) is 3.94. The second-order valence-electron chi connectivity index (χ2n) is 11.1. The first-order valence-corrected chi connectivity index (χ1v) is 23.0. The van der Waals surface area contributed by atoms with Gasteiger partial charge in [0.2, 0.25) is 0 Å². The molecule has 0 N–H and O–H groups in total. The number of rotatable bonds is 14. The van der Waals surface area contributed by atoms with Crippen LogP contribution in [-0.2, 0) is 5.41 Å². The van der Waals surface area contributed by atoms with Gasteiger partial charge in [0.15, 0.2) is 0 Å². The highest BCUT2D eigenvalue weighted by molar-refractivity contribution is 9.13. The van der Waals surface area contributed by atoms with Crippen LogP contribution in [0.25, 0.3) is 21.5 Å². The van der Waals surface area contributed by atoms with Crippen molar-refractivity contribution < 1.29 is 9.47 Å². The van der Waals surface area contributed by atoms with Crippen molar-refractivity contribution in [3.05, 3.63) is 74.4 Å². The molecule has 0 saturated carbocycles. The van der Waals surface area contributed by atoms with E-state index in [1.807, 2.05) is 0 Å². The molecule has 244 valence electrons. The number of hydrogen-bond acceptors (Lipinski definition) is 2. The Labute approximate surface area is 349 Å². The van der Waals surface area contributed by atoms with Crippen LogP contribution in [0.15, 0.2) is 63.2 Å². The van der Waals surface area contributed by atoms with Gasteiger partial charge in [-0.2, -0.15) is 0 Å². The molecule has 0 radical (unpaired) electrons. The maximum atomic E-state index is 6.48. The van der Waals surface area contributed by atoms with Gasteiger partial charge in [-0.05, 0) is 92.9 Å². The Kier molecular flexibility index (Phi) is 15.7. The fraction of sp³-hybridized carbons (Fsp3) is 0.394. The standard InChI is InChI=1S/C33H30Br10O2/c1-33(2,19-7-9-21(38)29-27(19)23(40)13-25(42)31(29)44-11-3-5-17(36)15-34)20-8-10-22(39)30-28(20)24(41)14-26(43)32(30)45-12-4-6-18(37)16-35/h7-10,13-14,17-18H,3-6,11-12,15-16H2,1-2H3. The van der Waals surface area contributed by atoms with Crippen molar-refractivity contribution >= 4 is 181 Å². The van der Waals surface area contributed by atoms with E-state index in [1.54, 1.807) is 0 Å². The third kappa shape index (κ3) is 9.19. The smallest absolute Gasteiger partial charge is 0.142 e. The van der Waals surface area contributed by atoms with Gasteiger partial charge in [-0.3, -0.25) is 0 Å². The minimum absolute atomic E-state index is 0.405. The summed E-state index contributed by atoms with van der Waals surface area (Å²) in [6.45, 7) is 5.82. The summed E-state index contributed by atoms with van der Waals surface area (Å²) in [5.41, 5.74) is 1.96. The molecule has 2 nitrogen and oxygen atoms in total. The largest absolute Gasteiger partial charge is 0.492 e. The van der Waals surface area contributed by atoms with Crippen LogP contribution in [0.2, 0.25) is 0 Å². The zero-order valence-corrected chi connectivity index (χ0v) is 40.2. The summed E-state index contributed by atoms with van der Waals surface area (Å²) in [5, 5.41) is 6.15. The lowest BCUT2D eigenvalue weighted by atomic mass is 9.74. The summed E-state index contributed by atoms with van der Waals surface area (Å²) in [4.78, 5) is 0.857. The first-order valence-electron chi connectivity index (χ1n) is 14.2. The van der Waals surface area contributed by atoms with Crippen molar-refractivity contribution in [3.63, 3.8) is 0 Å². The summed E-state index contributed by atoms with van der Waals surface area (Å²) < 4.78 is 18.8. The molecule has 0 saturated heterocycles. The fourth-order valence-electron chi connectivity index (χ4n) is 5.41. The minimum Gasteiger partial charge on any atom is -0.492 e. The summed E-state index contributed by atoms with van der Waals surface area (Å²) in [6, 6.07) is 12.9. The van der Waals surface area contributed by atoms with Crippen LogP contribution >= 0.6 is 159 Å². The Morgan fingerprint density at radius 3 is 1.29 bits per heavy atom. The molecule has 0 heterocycles. The molecule has 0 aliphatic carbocycles. The molecule has 0 fully saturated rings.